The Hall–Kier alpha value is -3.29. The molecule has 28 heavy (non-hydrogen) atoms. The van der Waals surface area contributed by atoms with Gasteiger partial charge in [-0.05, 0) is 30.3 Å². The van der Waals surface area contributed by atoms with Crippen molar-refractivity contribution in [1.29, 1.82) is 0 Å². The SMILES string of the molecule is O=C(Cc1noc2ccccc12)N1CCN(C(=O)c2ccc(F)c(F)c2)CC1. The maximum Gasteiger partial charge on any atom is 0.254 e. The Morgan fingerprint density at radius 2 is 1.68 bits per heavy atom. The molecule has 0 aliphatic carbocycles. The van der Waals surface area contributed by atoms with Crippen molar-refractivity contribution < 1.29 is 22.9 Å². The van der Waals surface area contributed by atoms with E-state index in [1.807, 2.05) is 18.2 Å². The number of rotatable bonds is 3. The van der Waals surface area contributed by atoms with Crippen molar-refractivity contribution >= 4 is 22.8 Å². The number of hydrogen-bond acceptors (Lipinski definition) is 4. The summed E-state index contributed by atoms with van der Waals surface area (Å²) in [4.78, 5) is 28.2. The van der Waals surface area contributed by atoms with E-state index in [-0.39, 0.29) is 23.8 Å². The Labute approximate surface area is 159 Å². The summed E-state index contributed by atoms with van der Waals surface area (Å²) in [7, 11) is 0. The lowest BCUT2D eigenvalue weighted by Gasteiger charge is -2.34. The molecule has 0 radical (unpaired) electrons. The molecule has 0 unspecified atom stereocenters. The fourth-order valence-corrected chi connectivity index (χ4v) is 3.29. The summed E-state index contributed by atoms with van der Waals surface area (Å²) >= 11 is 0. The lowest BCUT2D eigenvalue weighted by atomic mass is 10.1. The van der Waals surface area contributed by atoms with Gasteiger partial charge in [0, 0.05) is 37.1 Å². The first-order valence-electron chi connectivity index (χ1n) is 8.88. The van der Waals surface area contributed by atoms with Gasteiger partial charge in [0.2, 0.25) is 5.91 Å². The molecule has 0 N–H and O–H groups in total. The average molecular weight is 385 g/mol. The fraction of sp³-hybridized carbons (Fsp3) is 0.250. The van der Waals surface area contributed by atoms with Gasteiger partial charge in [-0.1, -0.05) is 17.3 Å². The number of piperazine rings is 1. The van der Waals surface area contributed by atoms with Crippen molar-refractivity contribution in [3.8, 4) is 0 Å². The van der Waals surface area contributed by atoms with Crippen LogP contribution in [-0.2, 0) is 11.2 Å². The number of halogens is 2. The number of carbonyl (C=O) groups is 2. The van der Waals surface area contributed by atoms with Crippen LogP contribution in [0.1, 0.15) is 16.1 Å². The van der Waals surface area contributed by atoms with Gasteiger partial charge in [0.25, 0.3) is 5.91 Å². The number of para-hydroxylation sites is 1. The minimum absolute atomic E-state index is 0.0905. The molecular formula is C20H17F2N3O3. The summed E-state index contributed by atoms with van der Waals surface area (Å²) in [5.41, 5.74) is 1.31. The van der Waals surface area contributed by atoms with Crippen LogP contribution in [0.4, 0.5) is 8.78 Å². The van der Waals surface area contributed by atoms with Crippen LogP contribution in [0.25, 0.3) is 11.0 Å². The molecule has 1 aliphatic rings. The number of amides is 2. The molecule has 1 aliphatic heterocycles. The van der Waals surface area contributed by atoms with Crippen molar-refractivity contribution in [2.24, 2.45) is 0 Å². The molecule has 144 valence electrons. The highest BCUT2D eigenvalue weighted by Crippen LogP contribution is 2.19. The minimum atomic E-state index is -1.06. The van der Waals surface area contributed by atoms with Gasteiger partial charge in [-0.15, -0.1) is 0 Å². The fourth-order valence-electron chi connectivity index (χ4n) is 3.29. The summed E-state index contributed by atoms with van der Waals surface area (Å²) in [6.45, 7) is 1.38. The molecule has 3 aromatic rings. The van der Waals surface area contributed by atoms with Crippen LogP contribution >= 0.6 is 0 Å². The van der Waals surface area contributed by atoms with Crippen molar-refractivity contribution in [1.82, 2.24) is 15.0 Å². The Balaban J connectivity index is 1.37. The van der Waals surface area contributed by atoms with E-state index in [9.17, 15) is 18.4 Å². The number of benzene rings is 2. The Morgan fingerprint density at radius 3 is 2.43 bits per heavy atom. The molecular weight excluding hydrogens is 368 g/mol. The predicted molar refractivity (Wildman–Crippen MR) is 96.6 cm³/mol. The largest absolute Gasteiger partial charge is 0.356 e. The molecule has 0 spiro atoms. The lowest BCUT2D eigenvalue weighted by Crippen LogP contribution is -2.51. The molecule has 1 aromatic heterocycles. The van der Waals surface area contributed by atoms with E-state index in [0.717, 1.165) is 17.5 Å². The highest BCUT2D eigenvalue weighted by molar-refractivity contribution is 5.94. The first kappa shape index (κ1) is 18.1. The third kappa shape index (κ3) is 3.45. The molecule has 2 amide bonds. The molecule has 1 saturated heterocycles. The monoisotopic (exact) mass is 385 g/mol. The maximum absolute atomic E-state index is 13.4. The zero-order valence-electron chi connectivity index (χ0n) is 14.9. The molecule has 0 atom stereocenters. The van der Waals surface area contributed by atoms with Crippen LogP contribution in [0.3, 0.4) is 0 Å². The third-order valence-electron chi connectivity index (χ3n) is 4.86. The van der Waals surface area contributed by atoms with E-state index < -0.39 is 11.6 Å². The van der Waals surface area contributed by atoms with Crippen molar-refractivity contribution in [2.45, 2.75) is 6.42 Å². The number of hydrogen-bond donors (Lipinski definition) is 0. The van der Waals surface area contributed by atoms with E-state index in [4.69, 9.17) is 4.52 Å². The Kier molecular flexibility index (Phi) is 4.77. The first-order chi connectivity index (χ1) is 13.5. The lowest BCUT2D eigenvalue weighted by molar-refractivity contribution is -0.132. The maximum atomic E-state index is 13.4. The van der Waals surface area contributed by atoms with Gasteiger partial charge in [-0.25, -0.2) is 8.78 Å². The zero-order valence-corrected chi connectivity index (χ0v) is 14.9. The second kappa shape index (κ2) is 7.38. The number of carbonyl (C=O) groups excluding carboxylic acids is 2. The highest BCUT2D eigenvalue weighted by Gasteiger charge is 2.26. The summed E-state index contributed by atoms with van der Waals surface area (Å²) in [6.07, 6.45) is 0.119. The first-order valence-corrected chi connectivity index (χ1v) is 8.88. The predicted octanol–water partition coefficient (Wildman–Crippen LogP) is 2.63. The number of aromatic nitrogens is 1. The zero-order chi connectivity index (χ0) is 19.7. The van der Waals surface area contributed by atoms with Crippen molar-refractivity contribution in [3.63, 3.8) is 0 Å². The average Bonchev–Trinajstić information content (AvgIpc) is 3.12. The highest BCUT2D eigenvalue weighted by atomic mass is 19.2. The van der Waals surface area contributed by atoms with Crippen LogP contribution in [0.15, 0.2) is 47.0 Å². The van der Waals surface area contributed by atoms with Gasteiger partial charge < -0.3 is 14.3 Å². The molecule has 6 nitrogen and oxygen atoms in total. The number of nitrogens with zero attached hydrogens (tertiary/aromatic N) is 3. The third-order valence-corrected chi connectivity index (χ3v) is 4.86. The second-order valence-electron chi connectivity index (χ2n) is 6.60. The molecule has 2 heterocycles. The minimum Gasteiger partial charge on any atom is -0.356 e. The van der Waals surface area contributed by atoms with Gasteiger partial charge in [-0.2, -0.15) is 0 Å². The van der Waals surface area contributed by atoms with E-state index in [2.05, 4.69) is 5.16 Å². The van der Waals surface area contributed by atoms with Gasteiger partial charge in [0.1, 0.15) is 5.69 Å². The standard InChI is InChI=1S/C20H17F2N3O3/c21-15-6-5-13(11-16(15)22)20(27)25-9-7-24(8-10-25)19(26)12-17-14-3-1-2-4-18(14)28-23-17/h1-6,11H,7-10,12H2. The molecule has 4 rings (SSSR count). The number of fused-ring (bicyclic) bond motifs is 1. The molecule has 8 heteroatoms. The van der Waals surface area contributed by atoms with E-state index in [0.29, 0.717) is 37.5 Å². The molecule has 2 aromatic carbocycles. The summed E-state index contributed by atoms with van der Waals surface area (Å²) < 4.78 is 31.6. The van der Waals surface area contributed by atoms with Crippen LogP contribution in [0, 0.1) is 11.6 Å². The van der Waals surface area contributed by atoms with E-state index in [1.54, 1.807) is 11.0 Å². The van der Waals surface area contributed by atoms with Crippen molar-refractivity contribution in [3.05, 3.63) is 65.4 Å². The van der Waals surface area contributed by atoms with Gasteiger partial charge in [0.15, 0.2) is 17.2 Å². The van der Waals surface area contributed by atoms with Gasteiger partial charge in [-0.3, -0.25) is 9.59 Å². The second-order valence-corrected chi connectivity index (χ2v) is 6.60. The summed E-state index contributed by atoms with van der Waals surface area (Å²) in [6, 6.07) is 10.4. The molecule has 1 fully saturated rings. The van der Waals surface area contributed by atoms with Gasteiger partial charge >= 0.3 is 0 Å². The topological polar surface area (TPSA) is 66.7 Å². The van der Waals surface area contributed by atoms with E-state index in [1.165, 1.54) is 11.0 Å². The van der Waals surface area contributed by atoms with Crippen LogP contribution in [0.5, 0.6) is 0 Å². The Bertz CT molecular complexity index is 1040. The van der Waals surface area contributed by atoms with Crippen molar-refractivity contribution in [2.75, 3.05) is 26.2 Å². The quantitative estimate of drug-likeness (QED) is 0.695. The van der Waals surface area contributed by atoms with Crippen LogP contribution < -0.4 is 0 Å². The summed E-state index contributed by atoms with van der Waals surface area (Å²) in [5, 5.41) is 4.78. The summed E-state index contributed by atoms with van der Waals surface area (Å²) in [5.74, 6) is -2.53. The molecule has 0 saturated carbocycles. The Morgan fingerprint density at radius 1 is 0.964 bits per heavy atom. The normalized spacial score (nSPS) is 14.5. The van der Waals surface area contributed by atoms with Crippen LogP contribution in [0.2, 0.25) is 0 Å². The molecule has 0 bridgehead atoms. The van der Waals surface area contributed by atoms with E-state index >= 15 is 0 Å². The smallest absolute Gasteiger partial charge is 0.254 e. The van der Waals surface area contributed by atoms with Crippen LogP contribution in [-0.4, -0.2) is 52.9 Å². The van der Waals surface area contributed by atoms with Gasteiger partial charge in [0.05, 0.1) is 6.42 Å².